The molecule has 0 atom stereocenters. The van der Waals surface area contributed by atoms with Gasteiger partial charge in [-0.2, -0.15) is 0 Å². The van der Waals surface area contributed by atoms with E-state index in [1.165, 1.54) is 0 Å². The molecule has 0 N–H and O–H groups in total. The molecule has 0 unspecified atom stereocenters. The van der Waals surface area contributed by atoms with E-state index in [2.05, 4.69) is 54.7 Å². The molecule has 0 saturated heterocycles. The van der Waals surface area contributed by atoms with Crippen LogP contribution in [0.25, 0.3) is 0 Å². The van der Waals surface area contributed by atoms with Gasteiger partial charge in [0.1, 0.15) is 0 Å². The summed E-state index contributed by atoms with van der Waals surface area (Å²) in [5.74, 6) is 0. The van der Waals surface area contributed by atoms with Gasteiger partial charge < -0.3 is 4.43 Å². The summed E-state index contributed by atoms with van der Waals surface area (Å²) < 4.78 is 5.82. The Morgan fingerprint density at radius 1 is 1.09 bits per heavy atom. The van der Waals surface area contributed by atoms with Crippen LogP contribution in [-0.2, 0) is 4.43 Å². The number of halogens is 3. The monoisotopic (exact) mass is 366 g/mol. The van der Waals surface area contributed by atoms with Crippen molar-refractivity contribution in [2.45, 2.75) is 13.3 Å². The summed E-state index contributed by atoms with van der Waals surface area (Å²) in [5, 5.41) is 0. The van der Waals surface area contributed by atoms with E-state index in [9.17, 15) is 0 Å². The van der Waals surface area contributed by atoms with Gasteiger partial charge in [0.05, 0.1) is 0 Å². The SMILES string of the molecule is CCCO[Si](CBr)(CBr)CBr. The molecule has 0 radical (unpaired) electrons. The van der Waals surface area contributed by atoms with E-state index in [4.69, 9.17) is 4.43 Å². The highest BCUT2D eigenvalue weighted by molar-refractivity contribution is 9.11. The number of hydrogen-bond acceptors (Lipinski definition) is 1. The minimum atomic E-state index is -1.49. The maximum Gasteiger partial charge on any atom is 0.223 e. The molecule has 0 aromatic heterocycles. The van der Waals surface area contributed by atoms with E-state index in [1.54, 1.807) is 0 Å². The highest BCUT2D eigenvalue weighted by Gasteiger charge is 2.31. The molecular formula is C6H13Br3OSi. The van der Waals surface area contributed by atoms with Gasteiger partial charge >= 0.3 is 0 Å². The van der Waals surface area contributed by atoms with Crippen molar-refractivity contribution < 1.29 is 4.43 Å². The minimum absolute atomic E-state index is 0.884. The van der Waals surface area contributed by atoms with Gasteiger partial charge in [-0.3, -0.25) is 0 Å². The summed E-state index contributed by atoms with van der Waals surface area (Å²) in [5.41, 5.74) is 0. The third-order valence-corrected chi connectivity index (χ3v) is 12.8. The van der Waals surface area contributed by atoms with Crippen LogP contribution in [0.4, 0.5) is 0 Å². The second kappa shape index (κ2) is 7.06. The second-order valence-corrected chi connectivity index (χ2v) is 10.9. The van der Waals surface area contributed by atoms with Gasteiger partial charge in [-0.15, -0.1) is 0 Å². The van der Waals surface area contributed by atoms with Gasteiger partial charge in [-0.05, 0) is 6.42 Å². The first-order chi connectivity index (χ1) is 5.24. The summed E-state index contributed by atoms with van der Waals surface area (Å²) in [6.07, 6.45) is 1.10. The lowest BCUT2D eigenvalue weighted by Gasteiger charge is -2.24. The normalized spacial score (nSPS) is 12.0. The van der Waals surface area contributed by atoms with Crippen LogP contribution >= 0.6 is 47.8 Å². The quantitative estimate of drug-likeness (QED) is 0.517. The van der Waals surface area contributed by atoms with Gasteiger partial charge in [-0.25, -0.2) is 0 Å². The predicted molar refractivity (Wildman–Crippen MR) is 63.4 cm³/mol. The topological polar surface area (TPSA) is 9.23 Å². The molecule has 68 valence electrons. The van der Waals surface area contributed by atoms with Gasteiger partial charge in [0.25, 0.3) is 0 Å². The number of alkyl halides is 3. The molecule has 0 bridgehead atoms. The van der Waals surface area contributed by atoms with E-state index in [-0.39, 0.29) is 0 Å². The minimum Gasteiger partial charge on any atom is -0.414 e. The lowest BCUT2D eigenvalue weighted by Crippen LogP contribution is -2.46. The average Bonchev–Trinajstić information content (AvgIpc) is 2.08. The van der Waals surface area contributed by atoms with E-state index in [1.807, 2.05) is 0 Å². The van der Waals surface area contributed by atoms with Crippen LogP contribution in [0.2, 0.25) is 0 Å². The van der Waals surface area contributed by atoms with Crippen molar-refractivity contribution in [2.24, 2.45) is 0 Å². The van der Waals surface area contributed by atoms with E-state index in [0.717, 1.165) is 27.9 Å². The Morgan fingerprint density at radius 2 is 1.55 bits per heavy atom. The zero-order valence-electron chi connectivity index (χ0n) is 6.58. The molecular weight excluding hydrogens is 356 g/mol. The predicted octanol–water partition coefficient (Wildman–Crippen LogP) is 3.16. The van der Waals surface area contributed by atoms with Crippen LogP contribution in [0.3, 0.4) is 0 Å². The fourth-order valence-electron chi connectivity index (χ4n) is 0.541. The molecule has 0 aliphatic carbocycles. The molecule has 0 aromatic carbocycles. The summed E-state index contributed by atoms with van der Waals surface area (Å²) in [6, 6.07) is 0. The zero-order chi connectivity index (χ0) is 8.74. The van der Waals surface area contributed by atoms with Gasteiger partial charge in [0, 0.05) is 21.5 Å². The molecule has 0 aliphatic rings. The Hall–Kier alpha value is 1.62. The fraction of sp³-hybridized carbons (Fsp3) is 1.00. The lowest BCUT2D eigenvalue weighted by atomic mass is 10.5. The maximum absolute atomic E-state index is 5.82. The van der Waals surface area contributed by atoms with Crippen LogP contribution in [0, 0.1) is 0 Å². The molecule has 11 heavy (non-hydrogen) atoms. The molecule has 0 spiro atoms. The van der Waals surface area contributed by atoms with Gasteiger partial charge in [-0.1, -0.05) is 54.7 Å². The van der Waals surface area contributed by atoms with Crippen LogP contribution in [0.15, 0.2) is 0 Å². The molecule has 5 heteroatoms. The second-order valence-electron chi connectivity index (χ2n) is 2.43. The fourth-order valence-corrected chi connectivity index (χ4v) is 11.4. The van der Waals surface area contributed by atoms with Crippen molar-refractivity contribution in [2.75, 3.05) is 21.5 Å². The largest absolute Gasteiger partial charge is 0.414 e. The van der Waals surface area contributed by atoms with Crippen LogP contribution in [0.5, 0.6) is 0 Å². The maximum atomic E-state index is 5.82. The Bertz CT molecular complexity index is 89.6. The number of hydrogen-bond donors (Lipinski definition) is 0. The molecule has 0 aliphatic heterocycles. The molecule has 0 heterocycles. The van der Waals surface area contributed by atoms with Crippen molar-refractivity contribution in [1.82, 2.24) is 0 Å². The molecule has 0 amide bonds. The van der Waals surface area contributed by atoms with Crippen molar-refractivity contribution in [3.63, 3.8) is 0 Å². The van der Waals surface area contributed by atoms with Crippen molar-refractivity contribution in [1.29, 1.82) is 0 Å². The van der Waals surface area contributed by atoms with Crippen molar-refractivity contribution in [3.8, 4) is 0 Å². The Labute approximate surface area is 94.8 Å². The Morgan fingerprint density at radius 3 is 1.82 bits per heavy atom. The molecule has 1 nitrogen and oxygen atoms in total. The van der Waals surface area contributed by atoms with E-state index in [0.29, 0.717) is 0 Å². The third-order valence-electron chi connectivity index (χ3n) is 1.34. The average molecular weight is 369 g/mol. The smallest absolute Gasteiger partial charge is 0.223 e. The molecule has 0 saturated carbocycles. The Kier molecular flexibility index (Phi) is 8.10. The highest BCUT2D eigenvalue weighted by Crippen LogP contribution is 2.15. The van der Waals surface area contributed by atoms with Crippen molar-refractivity contribution in [3.05, 3.63) is 0 Å². The summed E-state index contributed by atoms with van der Waals surface area (Å²) in [4.78, 5) is 2.99. The van der Waals surface area contributed by atoms with E-state index < -0.39 is 8.32 Å². The standard InChI is InChI=1S/C6H13Br3OSi/c1-2-3-10-11(4-7,5-8)6-9/h2-6H2,1H3. The first-order valence-corrected chi connectivity index (χ1v) is 9.46. The molecule has 0 rings (SSSR count). The highest BCUT2D eigenvalue weighted by atomic mass is 79.9. The van der Waals surface area contributed by atoms with Crippen LogP contribution in [0.1, 0.15) is 13.3 Å². The first kappa shape index (κ1) is 12.6. The zero-order valence-corrected chi connectivity index (χ0v) is 12.3. The van der Waals surface area contributed by atoms with Crippen LogP contribution in [-0.4, -0.2) is 29.8 Å². The van der Waals surface area contributed by atoms with Gasteiger partial charge in [0.2, 0.25) is 8.32 Å². The summed E-state index contributed by atoms with van der Waals surface area (Å²) in [6.45, 7) is 3.02. The van der Waals surface area contributed by atoms with Gasteiger partial charge in [0.15, 0.2) is 0 Å². The molecule has 0 fully saturated rings. The number of rotatable bonds is 6. The molecule has 0 aromatic rings. The first-order valence-electron chi connectivity index (χ1n) is 3.56. The lowest BCUT2D eigenvalue weighted by molar-refractivity contribution is 0.310. The summed E-state index contributed by atoms with van der Waals surface area (Å²) >= 11 is 10.5. The summed E-state index contributed by atoms with van der Waals surface area (Å²) in [7, 11) is -1.49. The van der Waals surface area contributed by atoms with Crippen LogP contribution < -0.4 is 0 Å². The van der Waals surface area contributed by atoms with E-state index >= 15 is 0 Å². The third kappa shape index (κ3) is 4.41. The Balaban J connectivity index is 3.84. The van der Waals surface area contributed by atoms with Crippen molar-refractivity contribution >= 4 is 56.1 Å².